The van der Waals surface area contributed by atoms with Crippen molar-refractivity contribution in [1.29, 1.82) is 0 Å². The Labute approximate surface area is 158 Å². The van der Waals surface area contributed by atoms with Crippen molar-refractivity contribution < 1.29 is 23.8 Å². The average Bonchev–Trinajstić information content (AvgIpc) is 2.67. The Morgan fingerprint density at radius 1 is 1.08 bits per heavy atom. The largest absolute Gasteiger partial charge is 0.493 e. The molecule has 1 heterocycles. The summed E-state index contributed by atoms with van der Waals surface area (Å²) in [6, 6.07) is 5.61. The van der Waals surface area contributed by atoms with Crippen molar-refractivity contribution in [1.82, 2.24) is 9.80 Å². The first-order chi connectivity index (χ1) is 12.5. The SMILES string of the molecule is CCOC(=O)N1CCN(C(=O)[C@@H](C)Sc2ccc(OC)c(OC)c2)CC1. The molecule has 1 aromatic carbocycles. The highest BCUT2D eigenvalue weighted by Gasteiger charge is 2.28. The third kappa shape index (κ3) is 4.97. The van der Waals surface area contributed by atoms with Gasteiger partial charge in [0.25, 0.3) is 0 Å². The fraction of sp³-hybridized carbons (Fsp3) is 0.556. The molecule has 0 N–H and O–H groups in total. The number of hydrogen-bond donors (Lipinski definition) is 0. The average molecular weight is 382 g/mol. The number of piperazine rings is 1. The lowest BCUT2D eigenvalue weighted by atomic mass is 10.3. The smallest absolute Gasteiger partial charge is 0.409 e. The van der Waals surface area contributed by atoms with E-state index >= 15 is 0 Å². The van der Waals surface area contributed by atoms with E-state index in [4.69, 9.17) is 14.2 Å². The molecular formula is C18H26N2O5S. The molecule has 0 radical (unpaired) electrons. The summed E-state index contributed by atoms with van der Waals surface area (Å²) in [5, 5.41) is -0.234. The second-order valence-corrected chi connectivity index (χ2v) is 7.20. The van der Waals surface area contributed by atoms with Crippen LogP contribution in [0.3, 0.4) is 0 Å². The Balaban J connectivity index is 1.91. The number of nitrogens with zero attached hydrogens (tertiary/aromatic N) is 2. The quantitative estimate of drug-likeness (QED) is 0.704. The highest BCUT2D eigenvalue weighted by atomic mass is 32.2. The standard InChI is InChI=1S/C18H26N2O5S/c1-5-25-18(22)20-10-8-19(9-11-20)17(21)13(2)26-14-6-7-15(23-3)16(12-14)24-4/h6-7,12-13H,5,8-11H2,1-4H3/t13-/m1/s1. The lowest BCUT2D eigenvalue weighted by molar-refractivity contribution is -0.131. The van der Waals surface area contributed by atoms with Crippen molar-refractivity contribution in [2.45, 2.75) is 24.0 Å². The van der Waals surface area contributed by atoms with Gasteiger partial charge in [-0.05, 0) is 32.0 Å². The summed E-state index contributed by atoms with van der Waals surface area (Å²) in [7, 11) is 3.18. The van der Waals surface area contributed by atoms with Gasteiger partial charge >= 0.3 is 6.09 Å². The molecule has 1 saturated heterocycles. The summed E-state index contributed by atoms with van der Waals surface area (Å²) >= 11 is 1.48. The molecule has 1 aromatic rings. The van der Waals surface area contributed by atoms with E-state index in [0.29, 0.717) is 44.3 Å². The minimum absolute atomic E-state index is 0.0632. The third-order valence-electron chi connectivity index (χ3n) is 4.13. The van der Waals surface area contributed by atoms with Crippen LogP contribution in [0.2, 0.25) is 0 Å². The number of benzene rings is 1. The van der Waals surface area contributed by atoms with Crippen LogP contribution < -0.4 is 9.47 Å². The van der Waals surface area contributed by atoms with Crippen molar-refractivity contribution in [3.63, 3.8) is 0 Å². The van der Waals surface area contributed by atoms with Gasteiger partial charge in [-0.15, -0.1) is 11.8 Å². The van der Waals surface area contributed by atoms with Gasteiger partial charge in [0, 0.05) is 31.1 Å². The van der Waals surface area contributed by atoms with E-state index in [-0.39, 0.29) is 17.3 Å². The van der Waals surface area contributed by atoms with E-state index in [1.54, 1.807) is 30.9 Å². The Kier molecular flexibility index (Phi) is 7.44. The molecule has 2 rings (SSSR count). The fourth-order valence-corrected chi connectivity index (χ4v) is 3.71. The van der Waals surface area contributed by atoms with E-state index in [1.165, 1.54) is 11.8 Å². The van der Waals surface area contributed by atoms with Gasteiger partial charge in [0.1, 0.15) is 0 Å². The zero-order valence-corrected chi connectivity index (χ0v) is 16.5. The van der Waals surface area contributed by atoms with E-state index in [9.17, 15) is 9.59 Å². The van der Waals surface area contributed by atoms with Gasteiger partial charge in [-0.25, -0.2) is 4.79 Å². The molecule has 144 valence electrons. The van der Waals surface area contributed by atoms with Crippen molar-refractivity contribution in [3.05, 3.63) is 18.2 Å². The van der Waals surface area contributed by atoms with Crippen LogP contribution in [0.4, 0.5) is 4.79 Å². The maximum atomic E-state index is 12.7. The maximum Gasteiger partial charge on any atom is 0.409 e. The van der Waals surface area contributed by atoms with Crippen LogP contribution in [0.5, 0.6) is 11.5 Å². The molecule has 7 nitrogen and oxygen atoms in total. The predicted octanol–water partition coefficient (Wildman–Crippen LogP) is 2.49. The maximum absolute atomic E-state index is 12.7. The van der Waals surface area contributed by atoms with Gasteiger partial charge in [-0.1, -0.05) is 0 Å². The zero-order valence-electron chi connectivity index (χ0n) is 15.7. The number of ether oxygens (including phenoxy) is 3. The molecular weight excluding hydrogens is 356 g/mol. The van der Waals surface area contributed by atoms with Crippen LogP contribution in [0.25, 0.3) is 0 Å². The Morgan fingerprint density at radius 2 is 1.69 bits per heavy atom. The molecule has 1 aliphatic heterocycles. The minimum atomic E-state index is -0.313. The lowest BCUT2D eigenvalue weighted by Crippen LogP contribution is -2.52. The highest BCUT2D eigenvalue weighted by Crippen LogP contribution is 2.34. The van der Waals surface area contributed by atoms with Crippen molar-refractivity contribution >= 4 is 23.8 Å². The minimum Gasteiger partial charge on any atom is -0.493 e. The third-order valence-corrected chi connectivity index (χ3v) is 5.21. The molecule has 1 fully saturated rings. The van der Waals surface area contributed by atoms with E-state index in [1.807, 2.05) is 25.1 Å². The highest BCUT2D eigenvalue weighted by molar-refractivity contribution is 8.00. The zero-order chi connectivity index (χ0) is 19.1. The van der Waals surface area contributed by atoms with Crippen molar-refractivity contribution in [3.8, 4) is 11.5 Å². The van der Waals surface area contributed by atoms with Crippen LogP contribution in [-0.2, 0) is 9.53 Å². The van der Waals surface area contributed by atoms with Crippen LogP contribution >= 0.6 is 11.8 Å². The first kappa shape index (κ1) is 20.2. The van der Waals surface area contributed by atoms with Gasteiger partial charge in [-0.3, -0.25) is 4.79 Å². The molecule has 0 saturated carbocycles. The molecule has 26 heavy (non-hydrogen) atoms. The second-order valence-electron chi connectivity index (χ2n) is 5.79. The number of hydrogen-bond acceptors (Lipinski definition) is 6. The molecule has 0 aliphatic carbocycles. The van der Waals surface area contributed by atoms with Crippen LogP contribution in [0.15, 0.2) is 23.1 Å². The number of amides is 2. The second kappa shape index (κ2) is 9.56. The number of rotatable bonds is 6. The van der Waals surface area contributed by atoms with Crippen molar-refractivity contribution in [2.24, 2.45) is 0 Å². The van der Waals surface area contributed by atoms with Crippen LogP contribution in [0.1, 0.15) is 13.8 Å². The Bertz CT molecular complexity index is 632. The van der Waals surface area contributed by atoms with Crippen LogP contribution in [-0.4, -0.2) is 74.1 Å². The van der Waals surface area contributed by atoms with Gasteiger partial charge in [0.2, 0.25) is 5.91 Å². The van der Waals surface area contributed by atoms with E-state index in [0.717, 1.165) is 4.90 Å². The molecule has 2 amide bonds. The van der Waals surface area contributed by atoms with Gasteiger partial charge in [0.15, 0.2) is 11.5 Å². The van der Waals surface area contributed by atoms with Crippen molar-refractivity contribution in [2.75, 3.05) is 47.0 Å². The number of carbonyl (C=O) groups is 2. The first-order valence-electron chi connectivity index (χ1n) is 8.59. The topological polar surface area (TPSA) is 68.3 Å². The molecule has 1 aliphatic rings. The van der Waals surface area contributed by atoms with Gasteiger partial charge in [-0.2, -0.15) is 0 Å². The Morgan fingerprint density at radius 3 is 2.27 bits per heavy atom. The predicted molar refractivity (Wildman–Crippen MR) is 100 cm³/mol. The monoisotopic (exact) mass is 382 g/mol. The summed E-state index contributed by atoms with van der Waals surface area (Å²) in [5.41, 5.74) is 0. The summed E-state index contributed by atoms with van der Waals surface area (Å²) in [6.45, 7) is 6.07. The van der Waals surface area contributed by atoms with Gasteiger partial charge in [0.05, 0.1) is 26.1 Å². The number of methoxy groups -OCH3 is 2. The first-order valence-corrected chi connectivity index (χ1v) is 9.47. The summed E-state index contributed by atoms with van der Waals surface area (Å²) in [5.74, 6) is 1.36. The molecule has 0 unspecified atom stereocenters. The summed E-state index contributed by atoms with van der Waals surface area (Å²) < 4.78 is 15.5. The molecule has 1 atom stereocenters. The normalized spacial score (nSPS) is 15.4. The van der Waals surface area contributed by atoms with E-state index < -0.39 is 0 Å². The molecule has 0 aromatic heterocycles. The molecule has 0 bridgehead atoms. The van der Waals surface area contributed by atoms with E-state index in [2.05, 4.69) is 0 Å². The summed E-state index contributed by atoms with van der Waals surface area (Å²) in [4.78, 5) is 28.8. The molecule has 8 heteroatoms. The van der Waals surface area contributed by atoms with Gasteiger partial charge < -0.3 is 24.0 Å². The Hall–Kier alpha value is -2.09. The number of carbonyl (C=O) groups excluding carboxylic acids is 2. The fourth-order valence-electron chi connectivity index (χ4n) is 2.73. The number of thioether (sulfide) groups is 1. The molecule has 0 spiro atoms. The summed E-state index contributed by atoms with van der Waals surface area (Å²) in [6.07, 6.45) is -0.313. The lowest BCUT2D eigenvalue weighted by Gasteiger charge is -2.35. The van der Waals surface area contributed by atoms with Crippen LogP contribution in [0, 0.1) is 0 Å².